The summed E-state index contributed by atoms with van der Waals surface area (Å²) in [5.41, 5.74) is 0.241. The highest BCUT2D eigenvalue weighted by molar-refractivity contribution is 7.89. The maximum absolute atomic E-state index is 13.0. The van der Waals surface area contributed by atoms with E-state index in [9.17, 15) is 16.8 Å². The van der Waals surface area contributed by atoms with Crippen molar-refractivity contribution >= 4 is 20.0 Å². The molecule has 0 N–H and O–H groups in total. The van der Waals surface area contributed by atoms with E-state index in [1.54, 1.807) is 0 Å². The van der Waals surface area contributed by atoms with Crippen molar-refractivity contribution in [1.82, 2.24) is 8.61 Å². The second-order valence-electron chi connectivity index (χ2n) is 6.46. The molecule has 2 aromatic rings. The fourth-order valence-corrected chi connectivity index (χ4v) is 6.06. The monoisotopic (exact) mass is 451 g/mol. The van der Waals surface area contributed by atoms with Gasteiger partial charge in [-0.1, -0.05) is 6.07 Å². The Labute approximate surface area is 176 Å². The van der Waals surface area contributed by atoms with E-state index in [1.807, 2.05) is 6.07 Å². The second kappa shape index (κ2) is 8.61. The Morgan fingerprint density at radius 1 is 0.800 bits per heavy atom. The number of piperazine rings is 1. The minimum atomic E-state index is -3.83. The molecule has 160 valence electrons. The number of methoxy groups -OCH3 is 2. The third kappa shape index (κ3) is 4.13. The zero-order chi connectivity index (χ0) is 21.9. The predicted molar refractivity (Wildman–Crippen MR) is 108 cm³/mol. The number of nitriles is 1. The molecule has 0 amide bonds. The molecule has 1 heterocycles. The minimum absolute atomic E-state index is 0.00559. The molecule has 0 radical (unpaired) electrons. The van der Waals surface area contributed by atoms with Gasteiger partial charge in [-0.05, 0) is 30.3 Å². The summed E-state index contributed by atoms with van der Waals surface area (Å²) >= 11 is 0. The van der Waals surface area contributed by atoms with Crippen LogP contribution in [0.25, 0.3) is 0 Å². The number of hydrogen-bond acceptors (Lipinski definition) is 7. The van der Waals surface area contributed by atoms with Crippen LogP contribution in [0.15, 0.2) is 52.3 Å². The van der Waals surface area contributed by atoms with Gasteiger partial charge in [0.25, 0.3) is 0 Å². The highest BCUT2D eigenvalue weighted by Crippen LogP contribution is 2.31. The lowest BCUT2D eigenvalue weighted by molar-refractivity contribution is 0.272. The first-order chi connectivity index (χ1) is 14.2. The molecule has 11 heteroatoms. The van der Waals surface area contributed by atoms with E-state index in [-0.39, 0.29) is 47.3 Å². The Kier molecular flexibility index (Phi) is 6.33. The average Bonchev–Trinajstić information content (AvgIpc) is 2.78. The molecule has 0 atom stereocenters. The average molecular weight is 452 g/mol. The Bertz CT molecular complexity index is 1180. The largest absolute Gasteiger partial charge is 0.493 e. The molecule has 1 aliphatic rings. The van der Waals surface area contributed by atoms with Crippen LogP contribution < -0.4 is 9.47 Å². The zero-order valence-corrected chi connectivity index (χ0v) is 18.1. The van der Waals surface area contributed by atoms with Crippen molar-refractivity contribution in [3.63, 3.8) is 0 Å². The van der Waals surface area contributed by atoms with E-state index in [0.29, 0.717) is 5.75 Å². The Hall–Kier alpha value is -2.65. The molecule has 1 fully saturated rings. The Morgan fingerprint density at radius 2 is 1.33 bits per heavy atom. The minimum Gasteiger partial charge on any atom is -0.493 e. The number of hydrogen-bond donors (Lipinski definition) is 0. The number of sulfonamides is 2. The van der Waals surface area contributed by atoms with Gasteiger partial charge in [-0.25, -0.2) is 16.8 Å². The Balaban J connectivity index is 1.78. The van der Waals surface area contributed by atoms with Gasteiger partial charge in [-0.3, -0.25) is 0 Å². The normalized spacial score (nSPS) is 16.0. The molecule has 3 rings (SSSR count). The lowest BCUT2D eigenvalue weighted by atomic mass is 10.2. The number of nitrogens with zero attached hydrogens (tertiary/aromatic N) is 3. The Morgan fingerprint density at radius 3 is 1.83 bits per heavy atom. The van der Waals surface area contributed by atoms with E-state index >= 15 is 0 Å². The third-order valence-electron chi connectivity index (χ3n) is 4.79. The quantitative estimate of drug-likeness (QED) is 0.649. The van der Waals surface area contributed by atoms with Crippen molar-refractivity contribution in [3.05, 3.63) is 48.0 Å². The van der Waals surface area contributed by atoms with Gasteiger partial charge in [0, 0.05) is 32.2 Å². The van der Waals surface area contributed by atoms with E-state index < -0.39 is 20.0 Å². The number of rotatable bonds is 6. The molecule has 0 aliphatic carbocycles. The molecule has 30 heavy (non-hydrogen) atoms. The topological polar surface area (TPSA) is 117 Å². The predicted octanol–water partition coefficient (Wildman–Crippen LogP) is 1.27. The fourth-order valence-electron chi connectivity index (χ4n) is 3.15. The molecule has 9 nitrogen and oxygen atoms in total. The maximum atomic E-state index is 13.0. The van der Waals surface area contributed by atoms with E-state index in [1.165, 1.54) is 65.3 Å². The van der Waals surface area contributed by atoms with Crippen LogP contribution in [0.5, 0.6) is 11.5 Å². The zero-order valence-electron chi connectivity index (χ0n) is 16.5. The summed E-state index contributed by atoms with van der Waals surface area (Å²) < 4.78 is 64.5. The van der Waals surface area contributed by atoms with Crippen LogP contribution in [0, 0.1) is 11.3 Å². The molecule has 0 unspecified atom stereocenters. The molecular weight excluding hydrogens is 430 g/mol. The van der Waals surface area contributed by atoms with Gasteiger partial charge in [-0.2, -0.15) is 13.9 Å². The van der Waals surface area contributed by atoms with Crippen LogP contribution in [-0.2, 0) is 20.0 Å². The first-order valence-corrected chi connectivity index (χ1v) is 11.8. The van der Waals surface area contributed by atoms with E-state index in [0.717, 1.165) is 0 Å². The van der Waals surface area contributed by atoms with Gasteiger partial charge in [0.1, 0.15) is 0 Å². The number of benzene rings is 2. The first-order valence-electron chi connectivity index (χ1n) is 8.96. The number of ether oxygens (including phenoxy) is 2. The molecule has 0 aromatic heterocycles. The summed E-state index contributed by atoms with van der Waals surface area (Å²) in [5.74, 6) is 0.698. The third-order valence-corrected chi connectivity index (χ3v) is 8.58. The first kappa shape index (κ1) is 22.0. The van der Waals surface area contributed by atoms with Gasteiger partial charge < -0.3 is 9.47 Å². The van der Waals surface area contributed by atoms with Gasteiger partial charge in [-0.15, -0.1) is 0 Å². The molecule has 0 bridgehead atoms. The van der Waals surface area contributed by atoms with Crippen molar-refractivity contribution in [1.29, 1.82) is 5.26 Å². The molecular formula is C19H21N3O6S2. The summed E-state index contributed by atoms with van der Waals surface area (Å²) in [6.07, 6.45) is 0. The standard InChI is InChI=1S/C19H21N3O6S2/c1-27-18-7-6-17(13-19(18)28-2)30(25,26)22-10-8-21(9-11-22)29(23,24)16-5-3-4-15(12-16)14-20/h3-7,12-13H,8-11H2,1-2H3. The lowest BCUT2D eigenvalue weighted by Crippen LogP contribution is -2.50. The summed E-state index contributed by atoms with van der Waals surface area (Å²) in [4.78, 5) is 0.0518. The van der Waals surface area contributed by atoms with E-state index in [2.05, 4.69) is 0 Å². The highest BCUT2D eigenvalue weighted by Gasteiger charge is 2.34. The lowest BCUT2D eigenvalue weighted by Gasteiger charge is -2.33. The van der Waals surface area contributed by atoms with Crippen molar-refractivity contribution in [2.45, 2.75) is 9.79 Å². The summed E-state index contributed by atoms with van der Waals surface area (Å²) in [7, 11) is -4.78. The van der Waals surface area contributed by atoms with E-state index in [4.69, 9.17) is 14.7 Å². The van der Waals surface area contributed by atoms with Crippen molar-refractivity contribution in [2.75, 3.05) is 40.4 Å². The van der Waals surface area contributed by atoms with Gasteiger partial charge >= 0.3 is 0 Å². The summed E-state index contributed by atoms with van der Waals surface area (Å²) in [6, 6.07) is 12.0. The van der Waals surface area contributed by atoms with Crippen molar-refractivity contribution in [2.24, 2.45) is 0 Å². The van der Waals surface area contributed by atoms with Crippen LogP contribution in [0.4, 0.5) is 0 Å². The van der Waals surface area contributed by atoms with Crippen molar-refractivity contribution in [3.8, 4) is 17.6 Å². The molecule has 1 aliphatic heterocycles. The highest BCUT2D eigenvalue weighted by atomic mass is 32.2. The molecule has 0 saturated carbocycles. The fraction of sp³-hybridized carbons (Fsp3) is 0.316. The second-order valence-corrected chi connectivity index (χ2v) is 10.3. The van der Waals surface area contributed by atoms with Gasteiger partial charge in [0.2, 0.25) is 20.0 Å². The van der Waals surface area contributed by atoms with Crippen LogP contribution >= 0.6 is 0 Å². The molecule has 1 saturated heterocycles. The van der Waals surface area contributed by atoms with Crippen LogP contribution in [0.3, 0.4) is 0 Å². The van der Waals surface area contributed by atoms with Gasteiger partial charge in [0.15, 0.2) is 11.5 Å². The maximum Gasteiger partial charge on any atom is 0.243 e. The molecule has 0 spiro atoms. The summed E-state index contributed by atoms with van der Waals surface area (Å²) in [6.45, 7) is 0.0268. The smallest absolute Gasteiger partial charge is 0.243 e. The van der Waals surface area contributed by atoms with Crippen molar-refractivity contribution < 1.29 is 26.3 Å². The summed E-state index contributed by atoms with van der Waals surface area (Å²) in [5, 5.41) is 8.99. The van der Waals surface area contributed by atoms with Gasteiger partial charge in [0.05, 0.1) is 35.6 Å². The SMILES string of the molecule is COc1ccc(S(=O)(=O)N2CCN(S(=O)(=O)c3cccc(C#N)c3)CC2)cc1OC. The van der Waals surface area contributed by atoms with Crippen LogP contribution in [0.2, 0.25) is 0 Å². The van der Waals surface area contributed by atoms with Crippen LogP contribution in [-0.4, -0.2) is 65.8 Å². The van der Waals surface area contributed by atoms with Crippen LogP contribution in [0.1, 0.15) is 5.56 Å². The molecule has 2 aromatic carbocycles.